The summed E-state index contributed by atoms with van der Waals surface area (Å²) >= 11 is 0. The number of fused-ring (bicyclic) bond motifs is 1. The highest BCUT2D eigenvalue weighted by Crippen LogP contribution is 2.32. The smallest absolute Gasteiger partial charge is 0.196 e. The SMILES string of the molecule is CN(C)Cc1cccc(CN=C(NCCc2ccco2)Nc2ccc3c(c2)OCCCO3)c1. The molecule has 0 bridgehead atoms. The fourth-order valence-electron chi connectivity index (χ4n) is 3.64. The lowest BCUT2D eigenvalue weighted by Crippen LogP contribution is -2.32. The van der Waals surface area contributed by atoms with Gasteiger partial charge in [-0.2, -0.15) is 0 Å². The van der Waals surface area contributed by atoms with Gasteiger partial charge in [0.1, 0.15) is 5.76 Å². The van der Waals surface area contributed by atoms with Gasteiger partial charge in [-0.25, -0.2) is 4.99 Å². The van der Waals surface area contributed by atoms with E-state index in [9.17, 15) is 0 Å². The van der Waals surface area contributed by atoms with E-state index in [4.69, 9.17) is 18.9 Å². The molecule has 1 aromatic heterocycles. The van der Waals surface area contributed by atoms with Crippen LogP contribution < -0.4 is 20.1 Å². The Bertz CT molecular complexity index is 1050. The molecule has 2 aromatic carbocycles. The van der Waals surface area contributed by atoms with Gasteiger partial charge in [-0.3, -0.25) is 0 Å². The maximum absolute atomic E-state index is 5.83. The number of hydrogen-bond acceptors (Lipinski definition) is 5. The van der Waals surface area contributed by atoms with Gasteiger partial charge in [0.15, 0.2) is 17.5 Å². The first kappa shape index (κ1) is 22.7. The summed E-state index contributed by atoms with van der Waals surface area (Å²) in [5.41, 5.74) is 3.33. The predicted octanol–water partition coefficient (Wildman–Crippen LogP) is 4.30. The highest BCUT2D eigenvalue weighted by Gasteiger charge is 2.11. The molecule has 0 saturated heterocycles. The molecule has 3 aromatic rings. The number of hydrogen-bond donors (Lipinski definition) is 2. The maximum atomic E-state index is 5.83. The van der Waals surface area contributed by atoms with Gasteiger partial charge >= 0.3 is 0 Å². The van der Waals surface area contributed by atoms with Crippen LogP contribution in [0.3, 0.4) is 0 Å². The zero-order valence-corrected chi connectivity index (χ0v) is 19.3. The fourth-order valence-corrected chi connectivity index (χ4v) is 3.64. The van der Waals surface area contributed by atoms with Crippen molar-refractivity contribution in [1.82, 2.24) is 10.2 Å². The van der Waals surface area contributed by atoms with Crippen LogP contribution in [0.2, 0.25) is 0 Å². The molecule has 33 heavy (non-hydrogen) atoms. The Balaban J connectivity index is 1.47. The number of furan rings is 1. The molecule has 0 fully saturated rings. The number of aliphatic imine (C=N–C) groups is 1. The zero-order chi connectivity index (χ0) is 22.9. The summed E-state index contributed by atoms with van der Waals surface area (Å²) in [7, 11) is 4.15. The zero-order valence-electron chi connectivity index (χ0n) is 19.3. The second-order valence-corrected chi connectivity index (χ2v) is 8.32. The Morgan fingerprint density at radius 1 is 0.970 bits per heavy atom. The first-order valence-electron chi connectivity index (χ1n) is 11.4. The molecule has 0 radical (unpaired) electrons. The lowest BCUT2D eigenvalue weighted by atomic mass is 10.1. The summed E-state index contributed by atoms with van der Waals surface area (Å²) in [6, 6.07) is 18.3. The second kappa shape index (κ2) is 11.4. The average Bonchev–Trinajstić information content (AvgIpc) is 3.21. The monoisotopic (exact) mass is 448 g/mol. The Hall–Kier alpha value is -3.45. The third kappa shape index (κ3) is 7.02. The fraction of sp³-hybridized carbons (Fsp3) is 0.346. The molecule has 1 aliphatic heterocycles. The van der Waals surface area contributed by atoms with E-state index in [0.29, 0.717) is 32.3 Å². The first-order chi connectivity index (χ1) is 16.2. The minimum absolute atomic E-state index is 0.571. The molecule has 2 N–H and O–H groups in total. The first-order valence-corrected chi connectivity index (χ1v) is 11.4. The normalized spacial score (nSPS) is 13.6. The topological polar surface area (TPSA) is 71.3 Å². The van der Waals surface area contributed by atoms with Gasteiger partial charge in [0.25, 0.3) is 0 Å². The average molecular weight is 449 g/mol. The van der Waals surface area contributed by atoms with Crippen LogP contribution >= 0.6 is 0 Å². The molecular formula is C26H32N4O3. The molecule has 0 saturated carbocycles. The molecule has 4 rings (SSSR count). The van der Waals surface area contributed by atoms with E-state index >= 15 is 0 Å². The van der Waals surface area contributed by atoms with E-state index in [0.717, 1.165) is 42.3 Å². The van der Waals surface area contributed by atoms with Crippen molar-refractivity contribution in [2.24, 2.45) is 4.99 Å². The minimum atomic E-state index is 0.571. The van der Waals surface area contributed by atoms with E-state index in [1.165, 1.54) is 11.1 Å². The molecule has 7 nitrogen and oxygen atoms in total. The minimum Gasteiger partial charge on any atom is -0.490 e. The van der Waals surface area contributed by atoms with Gasteiger partial charge in [0, 0.05) is 37.7 Å². The van der Waals surface area contributed by atoms with E-state index in [-0.39, 0.29) is 0 Å². The summed E-state index contributed by atoms with van der Waals surface area (Å²) in [4.78, 5) is 7.00. The summed E-state index contributed by atoms with van der Waals surface area (Å²) in [5.74, 6) is 3.17. The maximum Gasteiger partial charge on any atom is 0.196 e. The number of rotatable bonds is 8. The Morgan fingerprint density at radius 2 is 1.82 bits per heavy atom. The van der Waals surface area contributed by atoms with Gasteiger partial charge in [-0.1, -0.05) is 24.3 Å². The summed E-state index contributed by atoms with van der Waals surface area (Å²) < 4.78 is 17.0. The van der Waals surface area contributed by atoms with Crippen molar-refractivity contribution >= 4 is 11.6 Å². The largest absolute Gasteiger partial charge is 0.490 e. The van der Waals surface area contributed by atoms with Crippen molar-refractivity contribution in [2.75, 3.05) is 39.2 Å². The molecule has 2 heterocycles. The molecule has 0 unspecified atom stereocenters. The van der Waals surface area contributed by atoms with E-state index in [1.807, 2.05) is 30.3 Å². The highest BCUT2D eigenvalue weighted by molar-refractivity contribution is 5.94. The van der Waals surface area contributed by atoms with Gasteiger partial charge in [-0.15, -0.1) is 0 Å². The second-order valence-electron chi connectivity index (χ2n) is 8.32. The Kier molecular flexibility index (Phi) is 7.87. The summed E-state index contributed by atoms with van der Waals surface area (Å²) in [5, 5.41) is 6.83. The van der Waals surface area contributed by atoms with Gasteiger partial charge in [0.2, 0.25) is 0 Å². The summed E-state index contributed by atoms with van der Waals surface area (Å²) in [6.45, 7) is 3.50. The van der Waals surface area contributed by atoms with Crippen LogP contribution in [0.4, 0.5) is 5.69 Å². The molecule has 0 aliphatic carbocycles. The van der Waals surface area contributed by atoms with Crippen LogP contribution in [-0.2, 0) is 19.5 Å². The number of nitrogens with zero attached hydrogens (tertiary/aromatic N) is 2. The van der Waals surface area contributed by atoms with Crippen LogP contribution in [0, 0.1) is 0 Å². The Morgan fingerprint density at radius 3 is 2.64 bits per heavy atom. The van der Waals surface area contributed by atoms with Crippen molar-refractivity contribution < 1.29 is 13.9 Å². The molecule has 0 amide bonds. The van der Waals surface area contributed by atoms with E-state index < -0.39 is 0 Å². The van der Waals surface area contributed by atoms with Crippen molar-refractivity contribution in [3.05, 3.63) is 77.7 Å². The van der Waals surface area contributed by atoms with Crippen LogP contribution in [0.25, 0.3) is 0 Å². The molecule has 1 aliphatic rings. The molecule has 0 atom stereocenters. The molecule has 0 spiro atoms. The number of nitrogens with one attached hydrogen (secondary N) is 2. The lowest BCUT2D eigenvalue weighted by Gasteiger charge is -2.15. The number of guanidine groups is 1. The Labute approximate surface area is 195 Å². The van der Waals surface area contributed by atoms with Crippen molar-refractivity contribution in [3.8, 4) is 11.5 Å². The van der Waals surface area contributed by atoms with Gasteiger partial charge in [-0.05, 0) is 49.5 Å². The number of ether oxygens (including phenoxy) is 2. The number of anilines is 1. The van der Waals surface area contributed by atoms with Crippen LogP contribution in [0.15, 0.2) is 70.3 Å². The molecule has 174 valence electrons. The standard InChI is InChI=1S/C26H32N4O3/c1-30(2)19-21-7-3-6-20(16-21)18-28-26(27-12-11-23-8-4-13-31-23)29-22-9-10-24-25(17-22)33-15-5-14-32-24/h3-4,6-10,13,16-17H,5,11-12,14-15,18-19H2,1-2H3,(H2,27,28,29). The van der Waals surface area contributed by atoms with Crippen LogP contribution in [-0.4, -0.2) is 44.7 Å². The predicted molar refractivity (Wildman–Crippen MR) is 131 cm³/mol. The van der Waals surface area contributed by atoms with Crippen LogP contribution in [0.5, 0.6) is 11.5 Å². The molecular weight excluding hydrogens is 416 g/mol. The third-order valence-corrected chi connectivity index (χ3v) is 5.16. The number of benzene rings is 2. The lowest BCUT2D eigenvalue weighted by molar-refractivity contribution is 0.297. The highest BCUT2D eigenvalue weighted by atomic mass is 16.5. The van der Waals surface area contributed by atoms with Crippen LogP contribution in [0.1, 0.15) is 23.3 Å². The molecule has 7 heteroatoms. The quantitative estimate of drug-likeness (QED) is 0.395. The van der Waals surface area contributed by atoms with Crippen molar-refractivity contribution in [3.63, 3.8) is 0 Å². The van der Waals surface area contributed by atoms with Crippen molar-refractivity contribution in [1.29, 1.82) is 0 Å². The van der Waals surface area contributed by atoms with E-state index in [1.54, 1.807) is 6.26 Å². The van der Waals surface area contributed by atoms with Gasteiger partial charge < -0.3 is 29.4 Å². The third-order valence-electron chi connectivity index (χ3n) is 5.16. The van der Waals surface area contributed by atoms with Crippen molar-refractivity contribution in [2.45, 2.75) is 25.9 Å². The van der Waals surface area contributed by atoms with Gasteiger partial charge in [0.05, 0.1) is 26.0 Å². The van der Waals surface area contributed by atoms with E-state index in [2.05, 4.69) is 53.9 Å². The summed E-state index contributed by atoms with van der Waals surface area (Å²) in [6.07, 6.45) is 3.35.